The smallest absolute Gasteiger partial charge is 0.164 e. The number of nitriles is 1. The second-order valence-corrected chi connectivity index (χ2v) is 10.1. The highest BCUT2D eigenvalue weighted by atomic mass is 15.0. The lowest BCUT2D eigenvalue weighted by atomic mass is 9.91. The summed E-state index contributed by atoms with van der Waals surface area (Å²) in [6.45, 7) is 5.76. The van der Waals surface area contributed by atoms with Crippen LogP contribution in [-0.2, 0) is 0 Å². The third kappa shape index (κ3) is 5.79. The van der Waals surface area contributed by atoms with Crippen LogP contribution < -0.4 is 0 Å². The van der Waals surface area contributed by atoms with Gasteiger partial charge in [0.05, 0.1) is 11.6 Å². The molecule has 4 nitrogen and oxygen atoms in total. The monoisotopic (exact) mass is 552 g/mol. The van der Waals surface area contributed by atoms with E-state index in [1.54, 1.807) is 6.08 Å². The molecule has 0 unspecified atom stereocenters. The molecule has 1 aromatic heterocycles. The topological polar surface area (TPSA) is 62.5 Å². The number of allylic oxidation sites excluding steroid dienone is 5. The molecule has 0 fully saturated rings. The lowest BCUT2D eigenvalue weighted by Gasteiger charge is -2.15. The van der Waals surface area contributed by atoms with Crippen molar-refractivity contribution in [2.45, 2.75) is 6.92 Å². The molecule has 0 amide bonds. The Kier molecular flexibility index (Phi) is 7.80. The Balaban J connectivity index is 1.55. The Morgan fingerprint density at radius 3 is 2.19 bits per heavy atom. The Bertz CT molecular complexity index is 2050. The van der Waals surface area contributed by atoms with Crippen molar-refractivity contribution < 1.29 is 0 Å². The van der Waals surface area contributed by atoms with Crippen LogP contribution in [-0.4, -0.2) is 15.0 Å². The fourth-order valence-electron chi connectivity index (χ4n) is 5.11. The van der Waals surface area contributed by atoms with Crippen molar-refractivity contribution in [3.8, 4) is 51.1 Å². The maximum absolute atomic E-state index is 9.36. The van der Waals surface area contributed by atoms with E-state index in [0.717, 1.165) is 49.7 Å². The Hall–Kier alpha value is -5.92. The van der Waals surface area contributed by atoms with Crippen LogP contribution >= 0.6 is 0 Å². The lowest BCUT2D eigenvalue weighted by Crippen LogP contribution is -2.03. The summed E-state index contributed by atoms with van der Waals surface area (Å²) in [5.74, 6) is 1.84. The second kappa shape index (κ2) is 12.3. The molecule has 43 heavy (non-hydrogen) atoms. The van der Waals surface area contributed by atoms with E-state index < -0.39 is 0 Å². The summed E-state index contributed by atoms with van der Waals surface area (Å²) in [7, 11) is 0. The standard InChI is InChI=1S/C39H28N4/c1-3-4-6-12-27(2)37-41-38(32-15-7-5-8-16-32)43-39(42-37)35-24-23-30-14-9-10-18-34(30)36(35)31-21-19-29(20-22-31)33-17-11-13-28(25-33)26-40/h3-25H,1H2,2H3/b6-4-,27-12+. The highest BCUT2D eigenvalue weighted by Gasteiger charge is 2.18. The van der Waals surface area contributed by atoms with Crippen LogP contribution in [0.15, 0.2) is 146 Å². The van der Waals surface area contributed by atoms with Crippen LogP contribution in [0.1, 0.15) is 18.3 Å². The van der Waals surface area contributed by atoms with E-state index in [4.69, 9.17) is 15.0 Å². The van der Waals surface area contributed by atoms with E-state index in [-0.39, 0.29) is 0 Å². The van der Waals surface area contributed by atoms with Gasteiger partial charge in [-0.25, -0.2) is 15.0 Å². The number of aromatic nitrogens is 3. The molecule has 0 N–H and O–H groups in total. The van der Waals surface area contributed by atoms with Crippen LogP contribution in [0.3, 0.4) is 0 Å². The van der Waals surface area contributed by atoms with Crippen molar-refractivity contribution in [1.29, 1.82) is 5.26 Å². The minimum Gasteiger partial charge on any atom is -0.209 e. The van der Waals surface area contributed by atoms with Gasteiger partial charge in [-0.1, -0.05) is 128 Å². The van der Waals surface area contributed by atoms with Gasteiger partial charge in [0.25, 0.3) is 0 Å². The van der Waals surface area contributed by atoms with E-state index >= 15 is 0 Å². The number of hydrogen-bond acceptors (Lipinski definition) is 4. The molecule has 0 saturated carbocycles. The minimum atomic E-state index is 0.607. The van der Waals surface area contributed by atoms with E-state index in [1.807, 2.05) is 79.7 Å². The van der Waals surface area contributed by atoms with Gasteiger partial charge in [-0.05, 0) is 58.2 Å². The van der Waals surface area contributed by atoms with E-state index in [1.165, 1.54) is 0 Å². The predicted molar refractivity (Wildman–Crippen MR) is 177 cm³/mol. The van der Waals surface area contributed by atoms with Crippen LogP contribution in [0.2, 0.25) is 0 Å². The Morgan fingerprint density at radius 1 is 0.674 bits per heavy atom. The molecule has 4 heteroatoms. The highest BCUT2D eigenvalue weighted by Crippen LogP contribution is 2.38. The molecular weight excluding hydrogens is 524 g/mol. The average Bonchev–Trinajstić information content (AvgIpc) is 3.08. The molecule has 6 aromatic rings. The first-order valence-corrected chi connectivity index (χ1v) is 14.1. The van der Waals surface area contributed by atoms with E-state index in [0.29, 0.717) is 23.0 Å². The molecule has 0 aliphatic carbocycles. The lowest BCUT2D eigenvalue weighted by molar-refractivity contribution is 1.03. The fourth-order valence-corrected chi connectivity index (χ4v) is 5.11. The number of nitrogens with zero attached hydrogens (tertiary/aromatic N) is 4. The average molecular weight is 553 g/mol. The van der Waals surface area contributed by atoms with Gasteiger partial charge in [0.1, 0.15) is 0 Å². The van der Waals surface area contributed by atoms with Crippen LogP contribution in [0.5, 0.6) is 0 Å². The Labute approximate surface area is 251 Å². The van der Waals surface area contributed by atoms with Gasteiger partial charge in [0, 0.05) is 16.7 Å². The van der Waals surface area contributed by atoms with Gasteiger partial charge in [0.2, 0.25) is 0 Å². The fraction of sp³-hybridized carbons (Fsp3) is 0.0256. The van der Waals surface area contributed by atoms with Gasteiger partial charge >= 0.3 is 0 Å². The van der Waals surface area contributed by atoms with Crippen molar-refractivity contribution in [3.63, 3.8) is 0 Å². The largest absolute Gasteiger partial charge is 0.209 e. The summed E-state index contributed by atoms with van der Waals surface area (Å²) >= 11 is 0. The first kappa shape index (κ1) is 27.3. The van der Waals surface area contributed by atoms with Gasteiger partial charge in [-0.2, -0.15) is 5.26 Å². The first-order chi connectivity index (χ1) is 21.1. The maximum Gasteiger partial charge on any atom is 0.164 e. The number of benzene rings is 5. The van der Waals surface area contributed by atoms with Crippen molar-refractivity contribution in [3.05, 3.63) is 158 Å². The quantitative estimate of drug-likeness (QED) is 0.185. The van der Waals surface area contributed by atoms with Crippen molar-refractivity contribution >= 4 is 16.3 Å². The first-order valence-electron chi connectivity index (χ1n) is 14.1. The second-order valence-electron chi connectivity index (χ2n) is 10.1. The zero-order valence-corrected chi connectivity index (χ0v) is 23.8. The summed E-state index contributed by atoms with van der Waals surface area (Å²) in [6.07, 6.45) is 7.54. The molecule has 0 radical (unpaired) electrons. The highest BCUT2D eigenvalue weighted by molar-refractivity contribution is 6.03. The molecule has 0 spiro atoms. The van der Waals surface area contributed by atoms with Gasteiger partial charge in [-0.3, -0.25) is 0 Å². The molecule has 0 aliphatic rings. The zero-order valence-electron chi connectivity index (χ0n) is 23.8. The normalized spacial score (nSPS) is 11.5. The molecule has 0 aliphatic heterocycles. The number of hydrogen-bond donors (Lipinski definition) is 0. The molecule has 5 aromatic carbocycles. The third-order valence-electron chi connectivity index (χ3n) is 7.28. The molecule has 1 heterocycles. The van der Waals surface area contributed by atoms with Gasteiger partial charge in [0.15, 0.2) is 17.5 Å². The number of fused-ring (bicyclic) bond motifs is 1. The van der Waals surface area contributed by atoms with Crippen molar-refractivity contribution in [1.82, 2.24) is 15.0 Å². The minimum absolute atomic E-state index is 0.607. The molecule has 0 saturated heterocycles. The van der Waals surface area contributed by atoms with Gasteiger partial charge < -0.3 is 0 Å². The third-order valence-corrected chi connectivity index (χ3v) is 7.28. The molecule has 6 rings (SSSR count). The Morgan fingerprint density at radius 2 is 1.40 bits per heavy atom. The summed E-state index contributed by atoms with van der Waals surface area (Å²) < 4.78 is 0. The van der Waals surface area contributed by atoms with Crippen LogP contribution in [0.25, 0.3) is 61.4 Å². The predicted octanol–water partition coefficient (Wildman–Crippen LogP) is 9.71. The summed E-state index contributed by atoms with van der Waals surface area (Å²) in [6, 6.07) is 41.0. The molecular formula is C39H28N4. The summed E-state index contributed by atoms with van der Waals surface area (Å²) in [5, 5.41) is 11.6. The zero-order chi connectivity index (χ0) is 29.6. The maximum atomic E-state index is 9.36. The van der Waals surface area contributed by atoms with Crippen LogP contribution in [0.4, 0.5) is 0 Å². The van der Waals surface area contributed by atoms with Crippen molar-refractivity contribution in [2.24, 2.45) is 0 Å². The molecule has 0 bridgehead atoms. The van der Waals surface area contributed by atoms with Gasteiger partial charge in [-0.15, -0.1) is 0 Å². The van der Waals surface area contributed by atoms with Crippen LogP contribution in [0, 0.1) is 11.3 Å². The number of rotatable bonds is 7. The summed E-state index contributed by atoms with van der Waals surface area (Å²) in [4.78, 5) is 14.9. The van der Waals surface area contributed by atoms with E-state index in [9.17, 15) is 5.26 Å². The SMILES string of the molecule is C=C/C=C\C=C(/C)c1nc(-c2ccccc2)nc(-c2ccc3ccccc3c2-c2ccc(-c3cccc(C#N)c3)cc2)n1. The molecule has 0 atom stereocenters. The van der Waals surface area contributed by atoms with E-state index in [2.05, 4.69) is 73.3 Å². The molecule has 204 valence electrons. The van der Waals surface area contributed by atoms with Crippen molar-refractivity contribution in [2.75, 3.05) is 0 Å². The summed E-state index contributed by atoms with van der Waals surface area (Å²) in [5.41, 5.74) is 7.57.